The van der Waals surface area contributed by atoms with Gasteiger partial charge in [0.05, 0.1) is 34.9 Å². The van der Waals surface area contributed by atoms with Gasteiger partial charge < -0.3 is 4.74 Å². The van der Waals surface area contributed by atoms with Gasteiger partial charge in [-0.15, -0.1) is 11.3 Å². The van der Waals surface area contributed by atoms with E-state index in [-0.39, 0.29) is 23.5 Å². The van der Waals surface area contributed by atoms with Crippen molar-refractivity contribution in [3.8, 4) is 5.69 Å². The van der Waals surface area contributed by atoms with Crippen molar-refractivity contribution in [3.63, 3.8) is 0 Å². The lowest BCUT2D eigenvalue weighted by atomic mass is 9.96. The van der Waals surface area contributed by atoms with E-state index >= 15 is 0 Å². The zero-order chi connectivity index (χ0) is 28.0. The third-order valence-electron chi connectivity index (χ3n) is 7.60. The molecule has 2 aliphatic heterocycles. The fourth-order valence-electron chi connectivity index (χ4n) is 5.41. The highest BCUT2D eigenvalue weighted by Crippen LogP contribution is 2.36. The van der Waals surface area contributed by atoms with Gasteiger partial charge in [-0.25, -0.2) is 4.98 Å². The second kappa shape index (κ2) is 11.0. The van der Waals surface area contributed by atoms with Crippen molar-refractivity contribution < 1.29 is 14.3 Å². The summed E-state index contributed by atoms with van der Waals surface area (Å²) in [7, 11) is 0. The van der Waals surface area contributed by atoms with Crippen LogP contribution in [0, 0.1) is 12.8 Å². The number of thioether (sulfide) groups is 1. The Hall–Kier alpha value is -3.27. The number of imide groups is 1. The monoisotopic (exact) mass is 573 g/mol. The van der Waals surface area contributed by atoms with E-state index in [1.165, 1.54) is 16.7 Å². The van der Waals surface area contributed by atoms with Crippen LogP contribution in [0.3, 0.4) is 0 Å². The van der Waals surface area contributed by atoms with Crippen LogP contribution in [-0.4, -0.2) is 44.7 Å². The van der Waals surface area contributed by atoms with Gasteiger partial charge >= 0.3 is 0 Å². The predicted octanol–water partition coefficient (Wildman–Crippen LogP) is 6.02. The molecule has 40 heavy (non-hydrogen) atoms. The van der Waals surface area contributed by atoms with Crippen LogP contribution in [-0.2, 0) is 17.8 Å². The minimum absolute atomic E-state index is 0.0361. The highest BCUT2D eigenvalue weighted by atomic mass is 32.2. The van der Waals surface area contributed by atoms with Crippen LogP contribution in [0.1, 0.15) is 63.4 Å². The summed E-state index contributed by atoms with van der Waals surface area (Å²) in [5.41, 5.74) is 3.88. The molecule has 1 atom stereocenters. The predicted molar refractivity (Wildman–Crippen MR) is 159 cm³/mol. The molecule has 9 heteroatoms. The number of ether oxygens (including phenoxy) is 1. The molecule has 4 heterocycles. The van der Waals surface area contributed by atoms with Gasteiger partial charge in [0.25, 0.3) is 17.4 Å². The lowest BCUT2D eigenvalue weighted by Gasteiger charge is -2.26. The second-order valence-corrected chi connectivity index (χ2v) is 12.9. The Morgan fingerprint density at radius 1 is 1.05 bits per heavy atom. The lowest BCUT2D eigenvalue weighted by Crippen LogP contribution is -2.30. The average molecular weight is 574 g/mol. The molecule has 0 aliphatic carbocycles. The first kappa shape index (κ1) is 26.9. The first-order chi connectivity index (χ1) is 19.3. The van der Waals surface area contributed by atoms with E-state index < -0.39 is 0 Å². The molecule has 0 unspecified atom stereocenters. The molecule has 0 saturated carbocycles. The van der Waals surface area contributed by atoms with E-state index in [9.17, 15) is 14.4 Å². The SMILES string of the molecule is Cc1cccc(-n2c(SCCCCN3C(=O)c4ccccc4C3=O)nc3sc4c(c3c2=O)C[C@H](C(C)C)OC4)c1. The van der Waals surface area contributed by atoms with E-state index in [1.807, 2.05) is 31.2 Å². The first-order valence-corrected chi connectivity index (χ1v) is 15.5. The van der Waals surface area contributed by atoms with Gasteiger partial charge in [0.1, 0.15) is 4.83 Å². The van der Waals surface area contributed by atoms with Gasteiger partial charge in [-0.1, -0.05) is 49.9 Å². The number of thiophene rings is 1. The molecule has 4 aromatic rings. The van der Waals surface area contributed by atoms with E-state index in [0.29, 0.717) is 52.9 Å². The molecule has 0 fully saturated rings. The molecule has 206 valence electrons. The molecule has 0 saturated heterocycles. The summed E-state index contributed by atoms with van der Waals surface area (Å²) in [5.74, 6) is 0.625. The normalized spacial score (nSPS) is 16.7. The third kappa shape index (κ3) is 4.80. The maximum atomic E-state index is 14.1. The van der Waals surface area contributed by atoms with Crippen molar-refractivity contribution in [1.82, 2.24) is 14.5 Å². The summed E-state index contributed by atoms with van der Waals surface area (Å²) in [4.78, 5) is 47.7. The highest BCUT2D eigenvalue weighted by Gasteiger charge is 2.34. The van der Waals surface area contributed by atoms with Crippen LogP contribution >= 0.6 is 23.1 Å². The summed E-state index contributed by atoms with van der Waals surface area (Å²) in [5, 5.41) is 1.37. The molecule has 2 aliphatic rings. The Balaban J connectivity index is 1.24. The molecule has 2 aromatic carbocycles. The second-order valence-electron chi connectivity index (χ2n) is 10.7. The van der Waals surface area contributed by atoms with Crippen molar-refractivity contribution in [2.45, 2.75) is 57.9 Å². The molecular formula is C31H31N3O4S2. The first-order valence-electron chi connectivity index (χ1n) is 13.7. The average Bonchev–Trinajstić information content (AvgIpc) is 3.43. The zero-order valence-electron chi connectivity index (χ0n) is 22.8. The van der Waals surface area contributed by atoms with Gasteiger partial charge in [0, 0.05) is 23.6 Å². The number of carbonyl (C=O) groups excluding carboxylic acids is 2. The summed E-state index contributed by atoms with van der Waals surface area (Å²) in [6.07, 6.45) is 2.26. The maximum Gasteiger partial charge on any atom is 0.267 e. The van der Waals surface area contributed by atoms with Gasteiger partial charge in [-0.2, -0.15) is 0 Å². The van der Waals surface area contributed by atoms with Crippen molar-refractivity contribution in [1.29, 1.82) is 0 Å². The van der Waals surface area contributed by atoms with Crippen molar-refractivity contribution in [3.05, 3.63) is 86.0 Å². The van der Waals surface area contributed by atoms with E-state index in [4.69, 9.17) is 9.72 Å². The van der Waals surface area contributed by atoms with Crippen LogP contribution in [0.25, 0.3) is 15.9 Å². The lowest BCUT2D eigenvalue weighted by molar-refractivity contribution is 0.00200. The summed E-state index contributed by atoms with van der Waals surface area (Å²) >= 11 is 3.10. The Kier molecular flexibility index (Phi) is 7.37. The number of benzene rings is 2. The van der Waals surface area contributed by atoms with Crippen molar-refractivity contribution >= 4 is 45.1 Å². The number of carbonyl (C=O) groups is 2. The number of amides is 2. The number of rotatable bonds is 8. The molecule has 0 N–H and O–H groups in total. The van der Waals surface area contributed by atoms with Gasteiger partial charge in [0.2, 0.25) is 0 Å². The van der Waals surface area contributed by atoms with Crippen LogP contribution in [0.2, 0.25) is 0 Å². The van der Waals surface area contributed by atoms with Crippen molar-refractivity contribution in [2.24, 2.45) is 5.92 Å². The number of aromatic nitrogens is 2. The summed E-state index contributed by atoms with van der Waals surface area (Å²) in [6, 6.07) is 14.9. The largest absolute Gasteiger partial charge is 0.372 e. The quantitative estimate of drug-likeness (QED) is 0.111. The number of aryl methyl sites for hydroxylation is 1. The molecule has 0 spiro atoms. The molecule has 0 bridgehead atoms. The Morgan fingerprint density at radius 3 is 2.50 bits per heavy atom. The fourth-order valence-corrected chi connectivity index (χ4v) is 7.58. The molecule has 2 aromatic heterocycles. The standard InChI is InChI=1S/C31H31N3O4S2/c1-18(2)24-16-23-25(17-38-24)40-27-26(23)30(37)34(20-10-8-9-19(3)15-20)31(32-27)39-14-7-6-13-33-28(35)21-11-4-5-12-22(21)29(33)36/h4-5,8-12,15,18,24H,6-7,13-14,16-17H2,1-3H3/t24-/m1/s1. The number of nitrogens with zero attached hydrogens (tertiary/aromatic N) is 3. The molecule has 0 radical (unpaired) electrons. The van der Waals surface area contributed by atoms with Gasteiger partial charge in [-0.05, 0) is 61.1 Å². The number of fused-ring (bicyclic) bond motifs is 4. The molecule has 7 nitrogen and oxygen atoms in total. The number of hydrogen-bond donors (Lipinski definition) is 0. The minimum Gasteiger partial charge on any atom is -0.372 e. The summed E-state index contributed by atoms with van der Waals surface area (Å²) in [6.45, 7) is 7.21. The van der Waals surface area contributed by atoms with E-state index in [1.54, 1.807) is 40.2 Å². The van der Waals surface area contributed by atoms with E-state index in [0.717, 1.165) is 39.4 Å². The van der Waals surface area contributed by atoms with Crippen LogP contribution in [0.15, 0.2) is 58.5 Å². The highest BCUT2D eigenvalue weighted by molar-refractivity contribution is 7.99. The number of unbranched alkanes of at least 4 members (excludes halogenated alkanes) is 1. The molecule has 2 amide bonds. The third-order valence-corrected chi connectivity index (χ3v) is 9.72. The summed E-state index contributed by atoms with van der Waals surface area (Å²) < 4.78 is 7.83. The van der Waals surface area contributed by atoms with Crippen molar-refractivity contribution in [2.75, 3.05) is 12.3 Å². The zero-order valence-corrected chi connectivity index (χ0v) is 24.4. The smallest absolute Gasteiger partial charge is 0.267 e. The topological polar surface area (TPSA) is 81.5 Å². The Bertz CT molecular complexity index is 1650. The Morgan fingerprint density at radius 2 is 1.80 bits per heavy atom. The van der Waals surface area contributed by atoms with E-state index in [2.05, 4.69) is 13.8 Å². The van der Waals surface area contributed by atoms with Crippen LogP contribution < -0.4 is 5.56 Å². The van der Waals surface area contributed by atoms with Crippen LogP contribution in [0.5, 0.6) is 0 Å². The maximum absolute atomic E-state index is 14.1. The van der Waals surface area contributed by atoms with Gasteiger partial charge in [-0.3, -0.25) is 23.9 Å². The fraction of sp³-hybridized carbons (Fsp3) is 0.355. The molecular weight excluding hydrogens is 542 g/mol. The van der Waals surface area contributed by atoms with Crippen LogP contribution in [0.4, 0.5) is 0 Å². The Labute approximate surface area is 241 Å². The molecule has 6 rings (SSSR count). The number of hydrogen-bond acceptors (Lipinski definition) is 7. The van der Waals surface area contributed by atoms with Gasteiger partial charge in [0.15, 0.2) is 5.16 Å². The minimum atomic E-state index is -0.223.